The van der Waals surface area contributed by atoms with Gasteiger partial charge in [-0.25, -0.2) is 0 Å². The third-order valence-electron chi connectivity index (χ3n) is 7.40. The molecular weight excluding hydrogens is 429 g/mol. The minimum absolute atomic E-state index is 0.0795. The molecule has 0 saturated carbocycles. The van der Waals surface area contributed by atoms with Crippen molar-refractivity contribution in [3.05, 3.63) is 115 Å². The summed E-state index contributed by atoms with van der Waals surface area (Å²) in [5.74, 6) is 2.75. The monoisotopic (exact) mass is 449 g/mol. The van der Waals surface area contributed by atoms with Gasteiger partial charge in [-0.15, -0.1) is 0 Å². The second-order valence-electron chi connectivity index (χ2n) is 9.29. The molecule has 2 aliphatic rings. The first-order chi connectivity index (χ1) is 17.4. The van der Waals surface area contributed by atoms with Gasteiger partial charge in [0.15, 0.2) is 0 Å². The summed E-state index contributed by atoms with van der Waals surface area (Å²) in [5, 5.41) is 2.50. The molecule has 0 amide bonds. The van der Waals surface area contributed by atoms with Crippen LogP contribution in [0.25, 0.3) is 27.5 Å². The summed E-state index contributed by atoms with van der Waals surface area (Å²) in [6.45, 7) is 0.586. The van der Waals surface area contributed by atoms with Crippen molar-refractivity contribution >= 4 is 44.9 Å². The van der Waals surface area contributed by atoms with Crippen molar-refractivity contribution in [3.8, 4) is 22.9 Å². The quantitative estimate of drug-likeness (QED) is 0.318. The van der Waals surface area contributed by atoms with Gasteiger partial charge in [0.1, 0.15) is 23.9 Å². The number of nitrogens with zero attached hydrogens (tertiary/aromatic N) is 1. The molecule has 6 aromatic rings. The molecule has 0 saturated heterocycles. The molecule has 0 atom stereocenters. The van der Waals surface area contributed by atoms with Gasteiger partial charge >= 0.3 is 0 Å². The number of fused-ring (bicyclic) bond motifs is 7. The lowest BCUT2D eigenvalue weighted by molar-refractivity contribution is 0.310. The van der Waals surface area contributed by atoms with E-state index in [1.54, 1.807) is 0 Å². The fraction of sp³-hybridized carbons (Fsp3) is 0.0323. The van der Waals surface area contributed by atoms with Crippen molar-refractivity contribution in [2.75, 3.05) is 0 Å². The molecule has 0 N–H and O–H groups in total. The highest BCUT2D eigenvalue weighted by atomic mass is 16.5. The summed E-state index contributed by atoms with van der Waals surface area (Å²) in [6, 6.07) is 38.5. The lowest BCUT2D eigenvalue weighted by Crippen LogP contribution is -2.55. The molecule has 1 aromatic heterocycles. The zero-order valence-corrected chi connectivity index (χ0v) is 18.9. The molecule has 0 fully saturated rings. The van der Waals surface area contributed by atoms with E-state index in [4.69, 9.17) is 9.47 Å². The maximum atomic E-state index is 6.59. The van der Waals surface area contributed by atoms with Crippen LogP contribution in [-0.2, 0) is 6.61 Å². The Morgan fingerprint density at radius 1 is 0.600 bits per heavy atom. The number of benzene rings is 5. The highest BCUT2D eigenvalue weighted by molar-refractivity contribution is 6.97. The minimum Gasteiger partial charge on any atom is -0.489 e. The van der Waals surface area contributed by atoms with Crippen LogP contribution in [0, 0.1) is 0 Å². The molecule has 0 aliphatic carbocycles. The fourth-order valence-corrected chi connectivity index (χ4v) is 5.94. The van der Waals surface area contributed by atoms with Crippen LogP contribution in [0.3, 0.4) is 0 Å². The Morgan fingerprint density at radius 2 is 1.20 bits per heavy atom. The highest BCUT2D eigenvalue weighted by Crippen LogP contribution is 2.36. The van der Waals surface area contributed by atoms with E-state index in [2.05, 4.69) is 102 Å². The number of aromatic nitrogens is 1. The predicted molar refractivity (Wildman–Crippen MR) is 143 cm³/mol. The van der Waals surface area contributed by atoms with Gasteiger partial charge in [0.05, 0.1) is 16.7 Å². The fourth-order valence-electron chi connectivity index (χ4n) is 5.94. The van der Waals surface area contributed by atoms with Crippen LogP contribution < -0.4 is 25.9 Å². The predicted octanol–water partition coefficient (Wildman–Crippen LogP) is 5.30. The van der Waals surface area contributed by atoms with E-state index in [-0.39, 0.29) is 6.71 Å². The van der Waals surface area contributed by atoms with Crippen LogP contribution in [0.2, 0.25) is 0 Å². The normalized spacial score (nSPS) is 13.4. The Labute approximate surface area is 203 Å². The molecular formula is C31H20BNO2. The number of hydrogen-bond acceptors (Lipinski definition) is 2. The third-order valence-corrected chi connectivity index (χ3v) is 7.40. The SMILES string of the molecule is c1ccc2c(c1)OCc1cc(-n3c4ccccc4c4ccccc43)cc3c1B2c1ccccc1O3. The average molecular weight is 449 g/mol. The Hall–Kier alpha value is -4.44. The molecule has 35 heavy (non-hydrogen) atoms. The van der Waals surface area contributed by atoms with Gasteiger partial charge < -0.3 is 14.0 Å². The van der Waals surface area contributed by atoms with Crippen LogP contribution in [0.15, 0.2) is 109 Å². The number of rotatable bonds is 1. The van der Waals surface area contributed by atoms with E-state index in [1.165, 1.54) is 38.2 Å². The van der Waals surface area contributed by atoms with E-state index in [1.807, 2.05) is 12.1 Å². The van der Waals surface area contributed by atoms with Crippen molar-refractivity contribution in [1.29, 1.82) is 0 Å². The zero-order chi connectivity index (χ0) is 22.9. The van der Waals surface area contributed by atoms with E-state index >= 15 is 0 Å². The number of para-hydroxylation sites is 4. The maximum absolute atomic E-state index is 6.59. The first kappa shape index (κ1) is 18.9. The summed E-state index contributed by atoms with van der Waals surface area (Å²) in [6.07, 6.45) is 0. The van der Waals surface area contributed by atoms with Crippen molar-refractivity contribution in [3.63, 3.8) is 0 Å². The minimum atomic E-state index is 0.0795. The smallest absolute Gasteiger partial charge is 0.256 e. The molecule has 3 heterocycles. The van der Waals surface area contributed by atoms with Crippen LogP contribution in [0.5, 0.6) is 17.2 Å². The topological polar surface area (TPSA) is 23.4 Å². The first-order valence-electron chi connectivity index (χ1n) is 12.0. The van der Waals surface area contributed by atoms with Gasteiger partial charge in [-0.05, 0) is 52.3 Å². The lowest BCUT2D eigenvalue weighted by Gasteiger charge is -2.28. The summed E-state index contributed by atoms with van der Waals surface area (Å²) in [5.41, 5.74) is 8.20. The largest absolute Gasteiger partial charge is 0.489 e. The van der Waals surface area contributed by atoms with Crippen LogP contribution in [0.4, 0.5) is 0 Å². The Morgan fingerprint density at radius 3 is 1.94 bits per heavy atom. The second kappa shape index (κ2) is 7.03. The molecule has 0 unspecified atom stereocenters. The summed E-state index contributed by atoms with van der Waals surface area (Å²) >= 11 is 0. The van der Waals surface area contributed by atoms with Crippen molar-refractivity contribution in [1.82, 2.24) is 4.57 Å². The summed E-state index contributed by atoms with van der Waals surface area (Å²) in [7, 11) is 0. The van der Waals surface area contributed by atoms with Crippen molar-refractivity contribution in [2.24, 2.45) is 0 Å². The molecule has 5 aromatic carbocycles. The molecule has 164 valence electrons. The molecule has 0 radical (unpaired) electrons. The number of ether oxygens (including phenoxy) is 2. The van der Waals surface area contributed by atoms with Crippen LogP contribution in [-0.4, -0.2) is 11.3 Å². The van der Waals surface area contributed by atoms with Gasteiger partial charge in [0.2, 0.25) is 0 Å². The Bertz CT molecular complexity index is 1750. The molecule has 0 spiro atoms. The first-order valence-corrected chi connectivity index (χ1v) is 12.0. The van der Waals surface area contributed by atoms with Gasteiger partial charge in [-0.3, -0.25) is 0 Å². The maximum Gasteiger partial charge on any atom is 0.256 e. The molecule has 4 heteroatoms. The van der Waals surface area contributed by atoms with Crippen molar-refractivity contribution < 1.29 is 9.47 Å². The van der Waals surface area contributed by atoms with Gasteiger partial charge in [0, 0.05) is 16.8 Å². The average Bonchev–Trinajstić information content (AvgIpc) is 3.15. The van der Waals surface area contributed by atoms with Crippen LogP contribution in [0.1, 0.15) is 5.56 Å². The number of hydrogen-bond donors (Lipinski definition) is 0. The molecule has 0 bridgehead atoms. The molecule has 3 nitrogen and oxygen atoms in total. The van der Waals surface area contributed by atoms with Crippen LogP contribution >= 0.6 is 0 Å². The van der Waals surface area contributed by atoms with Gasteiger partial charge in [-0.1, -0.05) is 72.8 Å². The molecule has 2 aliphatic heterocycles. The standard InChI is InChI=1S/C31H20BNO2/c1-5-13-26-22(9-1)23-10-2-6-14-27(23)33(26)21-17-20-19-34-28-15-7-3-11-24(28)32-25-12-4-8-16-29(25)35-30(18-21)31(20)32/h1-18H,19H2. The third kappa shape index (κ3) is 2.62. The van der Waals surface area contributed by atoms with Gasteiger partial charge in [0.25, 0.3) is 6.71 Å². The van der Waals surface area contributed by atoms with E-state index in [0.717, 1.165) is 28.5 Å². The zero-order valence-electron chi connectivity index (χ0n) is 18.9. The van der Waals surface area contributed by atoms with E-state index < -0.39 is 0 Å². The molecule has 8 rings (SSSR count). The Balaban J connectivity index is 1.44. The lowest BCUT2D eigenvalue weighted by atomic mass is 9.35. The van der Waals surface area contributed by atoms with Gasteiger partial charge in [-0.2, -0.15) is 0 Å². The van der Waals surface area contributed by atoms with E-state index in [9.17, 15) is 0 Å². The van der Waals surface area contributed by atoms with E-state index in [0.29, 0.717) is 6.61 Å². The summed E-state index contributed by atoms with van der Waals surface area (Å²) in [4.78, 5) is 0. The summed E-state index contributed by atoms with van der Waals surface area (Å²) < 4.78 is 15.3. The highest BCUT2D eigenvalue weighted by Gasteiger charge is 2.38. The van der Waals surface area contributed by atoms with Crippen molar-refractivity contribution in [2.45, 2.75) is 6.61 Å². The second-order valence-corrected chi connectivity index (χ2v) is 9.29. The Kier molecular flexibility index (Phi) is 3.80.